The first-order valence-corrected chi connectivity index (χ1v) is 9.00. The fraction of sp³-hybridized carbons (Fsp3) is 0.250. The van der Waals surface area contributed by atoms with E-state index in [1.54, 1.807) is 0 Å². The van der Waals surface area contributed by atoms with E-state index < -0.39 is 0 Å². The SMILES string of the molecule is Cc1cccc(C)c1OCc1cccc(COc2c(C)cccc2C)c1. The van der Waals surface area contributed by atoms with E-state index in [9.17, 15) is 0 Å². The van der Waals surface area contributed by atoms with Crippen LogP contribution in [0.4, 0.5) is 0 Å². The van der Waals surface area contributed by atoms with Gasteiger partial charge in [0.15, 0.2) is 0 Å². The van der Waals surface area contributed by atoms with Crippen LogP contribution in [-0.4, -0.2) is 0 Å². The largest absolute Gasteiger partial charge is 0.488 e. The number of hydrogen-bond acceptors (Lipinski definition) is 2. The Kier molecular flexibility index (Phi) is 5.62. The zero-order valence-electron chi connectivity index (χ0n) is 16.0. The summed E-state index contributed by atoms with van der Waals surface area (Å²) in [6, 6.07) is 20.8. The molecule has 0 aromatic heterocycles. The maximum Gasteiger partial charge on any atom is 0.125 e. The summed E-state index contributed by atoms with van der Waals surface area (Å²) in [6.07, 6.45) is 0. The average molecular weight is 346 g/mol. The Hall–Kier alpha value is -2.74. The number of rotatable bonds is 6. The molecule has 0 aliphatic rings. The summed E-state index contributed by atoms with van der Waals surface area (Å²) >= 11 is 0. The summed E-state index contributed by atoms with van der Waals surface area (Å²) in [5.41, 5.74) is 6.96. The van der Waals surface area contributed by atoms with Gasteiger partial charge in [-0.1, -0.05) is 54.6 Å². The molecule has 0 amide bonds. The Bertz CT molecular complexity index is 785. The van der Waals surface area contributed by atoms with Gasteiger partial charge in [-0.3, -0.25) is 0 Å². The van der Waals surface area contributed by atoms with E-state index in [1.807, 2.05) is 0 Å². The van der Waals surface area contributed by atoms with Crippen molar-refractivity contribution in [3.8, 4) is 11.5 Å². The van der Waals surface area contributed by atoms with E-state index in [4.69, 9.17) is 9.47 Å². The minimum atomic E-state index is 0.558. The van der Waals surface area contributed by atoms with Gasteiger partial charge in [-0.25, -0.2) is 0 Å². The third kappa shape index (κ3) is 4.26. The van der Waals surface area contributed by atoms with Crippen LogP contribution in [-0.2, 0) is 13.2 Å². The molecular weight excluding hydrogens is 320 g/mol. The molecule has 0 unspecified atom stereocenters. The molecule has 2 nitrogen and oxygen atoms in total. The van der Waals surface area contributed by atoms with Crippen LogP contribution in [0.25, 0.3) is 0 Å². The summed E-state index contributed by atoms with van der Waals surface area (Å²) in [6.45, 7) is 9.44. The van der Waals surface area contributed by atoms with Crippen molar-refractivity contribution < 1.29 is 9.47 Å². The third-order valence-electron chi connectivity index (χ3n) is 4.58. The van der Waals surface area contributed by atoms with Crippen molar-refractivity contribution in [1.29, 1.82) is 0 Å². The van der Waals surface area contributed by atoms with Gasteiger partial charge >= 0.3 is 0 Å². The topological polar surface area (TPSA) is 18.5 Å². The second kappa shape index (κ2) is 8.09. The molecule has 3 rings (SSSR count). The van der Waals surface area contributed by atoms with Crippen molar-refractivity contribution in [2.24, 2.45) is 0 Å². The molecule has 0 bridgehead atoms. The molecule has 0 aliphatic carbocycles. The van der Waals surface area contributed by atoms with E-state index >= 15 is 0 Å². The summed E-state index contributed by atoms with van der Waals surface area (Å²) in [5.74, 6) is 1.95. The molecule has 3 aromatic rings. The molecule has 0 spiro atoms. The zero-order chi connectivity index (χ0) is 18.5. The molecule has 26 heavy (non-hydrogen) atoms. The molecule has 0 saturated heterocycles. The van der Waals surface area contributed by atoms with Crippen LogP contribution in [0.2, 0.25) is 0 Å². The van der Waals surface area contributed by atoms with E-state index in [1.165, 1.54) is 22.3 Å². The monoisotopic (exact) mass is 346 g/mol. The van der Waals surface area contributed by atoms with Crippen LogP contribution in [0.1, 0.15) is 33.4 Å². The molecule has 134 valence electrons. The van der Waals surface area contributed by atoms with Crippen molar-refractivity contribution in [3.63, 3.8) is 0 Å². The van der Waals surface area contributed by atoms with Gasteiger partial charge in [0.1, 0.15) is 24.7 Å². The van der Waals surface area contributed by atoms with Gasteiger partial charge in [0.05, 0.1) is 0 Å². The number of para-hydroxylation sites is 2. The summed E-state index contributed by atoms with van der Waals surface area (Å²) < 4.78 is 12.1. The van der Waals surface area contributed by atoms with Gasteiger partial charge in [-0.2, -0.15) is 0 Å². The molecule has 0 N–H and O–H groups in total. The molecule has 0 aliphatic heterocycles. The molecule has 0 atom stereocenters. The minimum absolute atomic E-state index is 0.558. The summed E-state index contributed by atoms with van der Waals surface area (Å²) in [7, 11) is 0. The van der Waals surface area contributed by atoms with Gasteiger partial charge in [0.2, 0.25) is 0 Å². The Labute approximate surface area is 156 Å². The number of benzene rings is 3. The first-order valence-electron chi connectivity index (χ1n) is 9.00. The maximum absolute atomic E-state index is 6.07. The Morgan fingerprint density at radius 3 is 1.27 bits per heavy atom. The molecule has 2 heteroatoms. The van der Waals surface area contributed by atoms with Gasteiger partial charge in [-0.15, -0.1) is 0 Å². The van der Waals surface area contributed by atoms with Crippen molar-refractivity contribution in [2.45, 2.75) is 40.9 Å². The predicted molar refractivity (Wildman–Crippen MR) is 107 cm³/mol. The first kappa shape index (κ1) is 18.1. The van der Waals surface area contributed by atoms with E-state index in [2.05, 4.69) is 88.4 Å². The number of hydrogen-bond donors (Lipinski definition) is 0. The molecule has 3 aromatic carbocycles. The molecule has 0 heterocycles. The summed E-state index contributed by atoms with van der Waals surface area (Å²) in [4.78, 5) is 0. The van der Waals surface area contributed by atoms with Gasteiger partial charge in [0, 0.05) is 0 Å². The Morgan fingerprint density at radius 2 is 0.885 bits per heavy atom. The maximum atomic E-state index is 6.07. The average Bonchev–Trinajstić information content (AvgIpc) is 2.61. The highest BCUT2D eigenvalue weighted by molar-refractivity contribution is 5.41. The fourth-order valence-electron chi connectivity index (χ4n) is 3.17. The lowest BCUT2D eigenvalue weighted by Crippen LogP contribution is -2.02. The van der Waals surface area contributed by atoms with Gasteiger partial charge < -0.3 is 9.47 Å². The second-order valence-electron chi connectivity index (χ2n) is 6.84. The molecule has 0 fully saturated rings. The standard InChI is InChI=1S/C24H26O2/c1-17-8-5-9-18(2)23(17)25-15-21-12-7-13-22(14-21)16-26-24-19(3)10-6-11-20(24)4/h5-14H,15-16H2,1-4H3. The van der Waals surface area contributed by atoms with Crippen molar-refractivity contribution >= 4 is 0 Å². The van der Waals surface area contributed by atoms with Gasteiger partial charge in [0.25, 0.3) is 0 Å². The number of ether oxygens (including phenoxy) is 2. The highest BCUT2D eigenvalue weighted by Crippen LogP contribution is 2.25. The quantitative estimate of drug-likeness (QED) is 0.538. The van der Waals surface area contributed by atoms with Gasteiger partial charge in [-0.05, 0) is 67.1 Å². The van der Waals surface area contributed by atoms with Crippen LogP contribution < -0.4 is 9.47 Å². The normalized spacial score (nSPS) is 10.6. The highest BCUT2D eigenvalue weighted by Gasteiger charge is 2.06. The lowest BCUT2D eigenvalue weighted by atomic mass is 10.1. The Balaban J connectivity index is 1.67. The van der Waals surface area contributed by atoms with Crippen LogP contribution in [0, 0.1) is 27.7 Å². The lowest BCUT2D eigenvalue weighted by Gasteiger charge is -2.14. The van der Waals surface area contributed by atoms with E-state index in [-0.39, 0.29) is 0 Å². The summed E-state index contributed by atoms with van der Waals surface area (Å²) in [5, 5.41) is 0. The van der Waals surface area contributed by atoms with Crippen molar-refractivity contribution in [1.82, 2.24) is 0 Å². The molecular formula is C24H26O2. The van der Waals surface area contributed by atoms with E-state index in [0.29, 0.717) is 13.2 Å². The van der Waals surface area contributed by atoms with Crippen LogP contribution in [0.15, 0.2) is 60.7 Å². The van der Waals surface area contributed by atoms with Crippen LogP contribution in [0.5, 0.6) is 11.5 Å². The van der Waals surface area contributed by atoms with Crippen LogP contribution >= 0.6 is 0 Å². The Morgan fingerprint density at radius 1 is 0.538 bits per heavy atom. The minimum Gasteiger partial charge on any atom is -0.488 e. The van der Waals surface area contributed by atoms with Crippen molar-refractivity contribution in [2.75, 3.05) is 0 Å². The smallest absolute Gasteiger partial charge is 0.125 e. The van der Waals surface area contributed by atoms with E-state index in [0.717, 1.165) is 22.6 Å². The third-order valence-corrected chi connectivity index (χ3v) is 4.58. The predicted octanol–water partition coefficient (Wildman–Crippen LogP) is 6.08. The molecule has 0 radical (unpaired) electrons. The fourth-order valence-corrected chi connectivity index (χ4v) is 3.17. The first-order chi connectivity index (χ1) is 12.5. The van der Waals surface area contributed by atoms with Crippen molar-refractivity contribution in [3.05, 3.63) is 94.0 Å². The molecule has 0 saturated carbocycles. The highest BCUT2D eigenvalue weighted by atomic mass is 16.5. The second-order valence-corrected chi connectivity index (χ2v) is 6.84. The van der Waals surface area contributed by atoms with Crippen LogP contribution in [0.3, 0.4) is 0 Å². The number of aryl methyl sites for hydroxylation is 4. The lowest BCUT2D eigenvalue weighted by molar-refractivity contribution is 0.295. The zero-order valence-corrected chi connectivity index (χ0v) is 16.0.